The molecule has 148 valence electrons. The van der Waals surface area contributed by atoms with E-state index in [0.29, 0.717) is 34.0 Å². The van der Waals surface area contributed by atoms with Gasteiger partial charge in [0.15, 0.2) is 0 Å². The number of anilines is 1. The van der Waals surface area contributed by atoms with E-state index in [1.807, 2.05) is 6.07 Å². The maximum Gasteiger partial charge on any atom is 0.336 e. The van der Waals surface area contributed by atoms with Crippen molar-refractivity contribution >= 4 is 27.6 Å². The number of aryl methyl sites for hydroxylation is 2. The van der Waals surface area contributed by atoms with E-state index in [-0.39, 0.29) is 10.6 Å². The van der Waals surface area contributed by atoms with Crippen molar-refractivity contribution in [2.24, 2.45) is 0 Å². The number of aromatic nitrogens is 1. The summed E-state index contributed by atoms with van der Waals surface area (Å²) in [6.45, 7) is 0.993. The van der Waals surface area contributed by atoms with Gasteiger partial charge in [0.1, 0.15) is 17.5 Å². The van der Waals surface area contributed by atoms with Crippen LogP contribution in [0, 0.1) is 18.3 Å². The van der Waals surface area contributed by atoms with Gasteiger partial charge in [0.2, 0.25) is 5.91 Å². The monoisotopic (exact) mass is 411 g/mol. The Bertz CT molecular complexity index is 1190. The quantitative estimate of drug-likeness (QED) is 0.788. The molecule has 0 bridgehead atoms. The number of hydrogen-bond donors (Lipinski definition) is 2. The van der Waals surface area contributed by atoms with E-state index in [2.05, 4.69) is 15.6 Å². The van der Waals surface area contributed by atoms with Gasteiger partial charge in [-0.1, -0.05) is 12.1 Å². The maximum absolute atomic E-state index is 12.9. The lowest BCUT2D eigenvalue weighted by Crippen LogP contribution is -2.49. The number of carbonyl (C=O) groups is 2. The van der Waals surface area contributed by atoms with Crippen LogP contribution in [-0.4, -0.2) is 36.2 Å². The van der Waals surface area contributed by atoms with Gasteiger partial charge < -0.3 is 10.6 Å². The number of fused-ring (bicyclic) bond motifs is 2. The van der Waals surface area contributed by atoms with Crippen molar-refractivity contribution in [2.75, 3.05) is 11.9 Å². The van der Waals surface area contributed by atoms with Crippen LogP contribution in [0.4, 0.5) is 10.5 Å². The number of amides is 3. The van der Waals surface area contributed by atoms with Crippen molar-refractivity contribution in [3.05, 3.63) is 52.8 Å². The van der Waals surface area contributed by atoms with Crippen molar-refractivity contribution in [3.63, 3.8) is 0 Å². The molecule has 1 aromatic heterocycles. The molecule has 1 atom stereocenters. The number of nitrogens with one attached hydrogen (secondary N) is 2. The van der Waals surface area contributed by atoms with Gasteiger partial charge in [0.25, 0.3) is 10.0 Å². The van der Waals surface area contributed by atoms with E-state index in [1.54, 1.807) is 25.1 Å². The molecule has 2 N–H and O–H groups in total. The summed E-state index contributed by atoms with van der Waals surface area (Å²) in [6, 6.07) is 7.27. The van der Waals surface area contributed by atoms with Crippen molar-refractivity contribution in [3.8, 4) is 6.07 Å². The highest BCUT2D eigenvalue weighted by Crippen LogP contribution is 2.33. The van der Waals surface area contributed by atoms with Crippen molar-refractivity contribution in [1.29, 1.82) is 5.26 Å². The van der Waals surface area contributed by atoms with Crippen LogP contribution < -0.4 is 10.6 Å². The highest BCUT2D eigenvalue weighted by Gasteiger charge is 2.39. The Morgan fingerprint density at radius 3 is 3.00 bits per heavy atom. The third-order valence-electron chi connectivity index (χ3n) is 5.01. The Balaban J connectivity index is 1.54. The smallest absolute Gasteiger partial charge is 0.336 e. The van der Waals surface area contributed by atoms with Crippen LogP contribution in [0.5, 0.6) is 0 Å². The van der Waals surface area contributed by atoms with E-state index < -0.39 is 34.5 Å². The molecule has 0 fully saturated rings. The standard InChI is InChI=1S/C19H17N5O4S/c1-11-3-2-4-15-18(11)29(27,28)24(19(26)23-15)10-16(25)22-14-6-5-13-7-12(8-20)9-21-17(13)14/h2-4,7,9,14H,5-6,10H2,1H3,(H,22,25)(H,23,26)/t14-/m0/s1. The highest BCUT2D eigenvalue weighted by molar-refractivity contribution is 7.90. The molecule has 0 saturated carbocycles. The normalized spacial score (nSPS) is 19.0. The topological polar surface area (TPSA) is 132 Å². The molecular formula is C19H17N5O4S. The number of pyridine rings is 1. The van der Waals surface area contributed by atoms with Crippen LogP contribution in [0.2, 0.25) is 0 Å². The molecule has 2 heterocycles. The Morgan fingerprint density at radius 2 is 2.24 bits per heavy atom. The molecule has 1 aliphatic heterocycles. The molecule has 0 radical (unpaired) electrons. The van der Waals surface area contributed by atoms with E-state index in [0.717, 1.165) is 5.56 Å². The first-order valence-corrected chi connectivity index (χ1v) is 10.4. The summed E-state index contributed by atoms with van der Waals surface area (Å²) >= 11 is 0. The Kier molecular flexibility index (Phi) is 4.47. The summed E-state index contributed by atoms with van der Waals surface area (Å²) in [4.78, 5) is 29.1. The predicted molar refractivity (Wildman–Crippen MR) is 102 cm³/mol. The zero-order chi connectivity index (χ0) is 20.8. The number of hydrogen-bond acceptors (Lipinski definition) is 6. The van der Waals surface area contributed by atoms with Crippen LogP contribution in [0.15, 0.2) is 35.4 Å². The van der Waals surface area contributed by atoms with E-state index in [9.17, 15) is 18.0 Å². The number of urea groups is 1. The summed E-state index contributed by atoms with van der Waals surface area (Å²) in [5.41, 5.74) is 2.66. The lowest BCUT2D eigenvalue weighted by atomic mass is 10.1. The van der Waals surface area contributed by atoms with Gasteiger partial charge in [-0.25, -0.2) is 17.5 Å². The average molecular weight is 411 g/mol. The second kappa shape index (κ2) is 6.86. The molecule has 0 saturated heterocycles. The van der Waals surface area contributed by atoms with E-state index in [1.165, 1.54) is 12.3 Å². The van der Waals surface area contributed by atoms with Crippen LogP contribution in [0.3, 0.4) is 0 Å². The Hall–Kier alpha value is -3.45. The summed E-state index contributed by atoms with van der Waals surface area (Å²) in [6.07, 6.45) is 2.67. The first-order valence-electron chi connectivity index (χ1n) is 8.93. The largest absolute Gasteiger partial charge is 0.346 e. The lowest BCUT2D eigenvalue weighted by molar-refractivity contribution is -0.121. The summed E-state index contributed by atoms with van der Waals surface area (Å²) < 4.78 is 26.4. The number of nitriles is 1. The fraction of sp³-hybridized carbons (Fsp3) is 0.263. The molecule has 2 aliphatic rings. The molecule has 2 aromatic rings. The second-order valence-corrected chi connectivity index (χ2v) is 8.73. The van der Waals surface area contributed by atoms with Gasteiger partial charge in [0.05, 0.1) is 23.0 Å². The fourth-order valence-electron chi connectivity index (χ4n) is 3.69. The number of carbonyl (C=O) groups excluding carboxylic acids is 2. The minimum atomic E-state index is -4.15. The Labute approximate surface area is 167 Å². The number of sulfonamides is 1. The third kappa shape index (κ3) is 3.19. The molecule has 1 aliphatic carbocycles. The lowest BCUT2D eigenvalue weighted by Gasteiger charge is -2.29. The van der Waals surface area contributed by atoms with Gasteiger partial charge in [-0.3, -0.25) is 9.78 Å². The first kappa shape index (κ1) is 18.9. The summed E-state index contributed by atoms with van der Waals surface area (Å²) in [5.74, 6) is -0.607. The number of nitrogens with zero attached hydrogens (tertiary/aromatic N) is 3. The number of benzene rings is 1. The van der Waals surface area contributed by atoms with Crippen LogP contribution in [-0.2, 0) is 21.2 Å². The molecule has 10 heteroatoms. The highest BCUT2D eigenvalue weighted by atomic mass is 32.2. The van der Waals surface area contributed by atoms with Crippen LogP contribution in [0.1, 0.15) is 34.8 Å². The fourth-order valence-corrected chi connectivity index (χ4v) is 5.33. The molecule has 29 heavy (non-hydrogen) atoms. The van der Waals surface area contributed by atoms with Crippen molar-refractivity contribution in [1.82, 2.24) is 14.6 Å². The van der Waals surface area contributed by atoms with E-state index >= 15 is 0 Å². The van der Waals surface area contributed by atoms with Gasteiger partial charge in [0, 0.05) is 6.20 Å². The molecule has 1 aromatic carbocycles. The second-order valence-electron chi connectivity index (χ2n) is 6.93. The average Bonchev–Trinajstić information content (AvgIpc) is 3.06. The van der Waals surface area contributed by atoms with Crippen LogP contribution >= 0.6 is 0 Å². The van der Waals surface area contributed by atoms with Gasteiger partial charge >= 0.3 is 6.03 Å². The minimum Gasteiger partial charge on any atom is -0.346 e. The molecular weight excluding hydrogens is 394 g/mol. The SMILES string of the molecule is Cc1cccc2c1S(=O)(=O)N(CC(=O)N[C@H]1CCc3cc(C#N)cnc31)C(=O)N2. The molecule has 3 amide bonds. The van der Waals surface area contributed by atoms with Crippen molar-refractivity contribution in [2.45, 2.75) is 30.7 Å². The molecule has 0 spiro atoms. The first-order chi connectivity index (χ1) is 13.8. The minimum absolute atomic E-state index is 0.00990. The maximum atomic E-state index is 12.9. The third-order valence-corrected chi connectivity index (χ3v) is 6.95. The van der Waals surface area contributed by atoms with Crippen LogP contribution in [0.25, 0.3) is 0 Å². The van der Waals surface area contributed by atoms with Crippen molar-refractivity contribution < 1.29 is 18.0 Å². The molecule has 4 rings (SSSR count). The molecule has 9 nitrogen and oxygen atoms in total. The zero-order valence-electron chi connectivity index (χ0n) is 15.5. The van der Waals surface area contributed by atoms with Gasteiger partial charge in [-0.2, -0.15) is 5.26 Å². The Morgan fingerprint density at radius 1 is 1.45 bits per heavy atom. The zero-order valence-corrected chi connectivity index (χ0v) is 16.3. The summed E-state index contributed by atoms with van der Waals surface area (Å²) in [7, 11) is -4.15. The van der Waals surface area contributed by atoms with Gasteiger partial charge in [-0.15, -0.1) is 0 Å². The predicted octanol–water partition coefficient (Wildman–Crippen LogP) is 1.60. The van der Waals surface area contributed by atoms with E-state index in [4.69, 9.17) is 5.26 Å². The number of rotatable bonds is 3. The summed E-state index contributed by atoms with van der Waals surface area (Å²) in [5, 5.41) is 14.2. The molecule has 0 unspecified atom stereocenters. The van der Waals surface area contributed by atoms with Gasteiger partial charge in [-0.05, 0) is 43.0 Å².